The molecule has 0 fully saturated rings. The van der Waals surface area contributed by atoms with Gasteiger partial charge in [-0.1, -0.05) is 0 Å². The van der Waals surface area contributed by atoms with E-state index < -0.39 is 12.1 Å². The Bertz CT molecular complexity index is 470. The molecule has 1 aromatic rings. The number of rotatable bonds is 3. The van der Waals surface area contributed by atoms with Crippen LogP contribution in [-0.2, 0) is 9.53 Å². The largest absolute Gasteiger partial charge is 0.492 e. The number of aliphatic hydroxyl groups excluding tert-OH is 1. The summed E-state index contributed by atoms with van der Waals surface area (Å²) in [5.74, 6) is 0.473. The summed E-state index contributed by atoms with van der Waals surface area (Å²) in [4.78, 5) is 11.4. The first-order valence-corrected chi connectivity index (χ1v) is 5.91. The maximum atomic E-state index is 11.4. The van der Waals surface area contributed by atoms with Crippen molar-refractivity contribution in [1.29, 1.82) is 0 Å². The summed E-state index contributed by atoms with van der Waals surface area (Å²) in [5, 5.41) is 9.92. The number of carbonyl (C=O) groups is 1. The van der Waals surface area contributed by atoms with Crippen LogP contribution in [0, 0.1) is 0 Å². The maximum Gasteiger partial charge on any atom is 0.339 e. The van der Waals surface area contributed by atoms with Crippen LogP contribution in [0.2, 0.25) is 0 Å². The van der Waals surface area contributed by atoms with E-state index in [0.29, 0.717) is 30.3 Å². The molecule has 1 aromatic carbocycles. The Kier molecular flexibility index (Phi) is 4.11. The van der Waals surface area contributed by atoms with Crippen LogP contribution in [0.4, 0.5) is 0 Å². The number of aliphatic hydroxyl groups is 1. The topological polar surface area (TPSA) is 74.2 Å². The standard InChI is InChI=1S/C13H16O6/c1-16-11-8(10(14)13(15)17-2)4-5-9-12(11)19-7-3-6-18-9/h4-5,10,14H,3,6-7H2,1-2H3. The molecule has 1 unspecified atom stereocenters. The summed E-state index contributed by atoms with van der Waals surface area (Å²) in [6, 6.07) is 3.21. The molecule has 1 N–H and O–H groups in total. The quantitative estimate of drug-likeness (QED) is 0.826. The summed E-state index contributed by atoms with van der Waals surface area (Å²) in [6.45, 7) is 1.04. The van der Waals surface area contributed by atoms with E-state index in [1.54, 1.807) is 12.1 Å². The van der Waals surface area contributed by atoms with E-state index in [-0.39, 0.29) is 5.75 Å². The molecule has 0 aromatic heterocycles. The average Bonchev–Trinajstić information content (AvgIpc) is 2.69. The highest BCUT2D eigenvalue weighted by atomic mass is 16.6. The smallest absolute Gasteiger partial charge is 0.339 e. The minimum atomic E-state index is -1.42. The summed E-state index contributed by atoms with van der Waals surface area (Å²) in [7, 11) is 2.65. The fourth-order valence-corrected chi connectivity index (χ4v) is 1.89. The number of esters is 1. The summed E-state index contributed by atoms with van der Waals surface area (Å²) in [6.07, 6.45) is -0.663. The molecule has 0 saturated carbocycles. The van der Waals surface area contributed by atoms with Crippen LogP contribution < -0.4 is 14.2 Å². The molecule has 0 saturated heterocycles. The molecule has 6 nitrogen and oxygen atoms in total. The molecule has 0 spiro atoms. The Morgan fingerprint density at radius 2 is 2.05 bits per heavy atom. The minimum Gasteiger partial charge on any atom is -0.492 e. The van der Waals surface area contributed by atoms with Crippen molar-refractivity contribution < 1.29 is 28.8 Å². The average molecular weight is 268 g/mol. The van der Waals surface area contributed by atoms with Crippen LogP contribution in [0.1, 0.15) is 18.1 Å². The molecular formula is C13H16O6. The predicted molar refractivity (Wildman–Crippen MR) is 65.6 cm³/mol. The molecule has 0 bridgehead atoms. The van der Waals surface area contributed by atoms with Gasteiger partial charge in [0.25, 0.3) is 0 Å². The van der Waals surface area contributed by atoms with E-state index in [0.717, 1.165) is 6.42 Å². The second-order valence-electron chi connectivity index (χ2n) is 3.99. The van der Waals surface area contributed by atoms with E-state index in [1.165, 1.54) is 14.2 Å². The van der Waals surface area contributed by atoms with Crippen LogP contribution >= 0.6 is 0 Å². The van der Waals surface area contributed by atoms with Crippen molar-refractivity contribution in [2.24, 2.45) is 0 Å². The van der Waals surface area contributed by atoms with Crippen molar-refractivity contribution in [2.45, 2.75) is 12.5 Å². The Balaban J connectivity index is 2.45. The van der Waals surface area contributed by atoms with Gasteiger partial charge in [0.15, 0.2) is 17.6 Å². The van der Waals surface area contributed by atoms with E-state index in [4.69, 9.17) is 14.2 Å². The van der Waals surface area contributed by atoms with Gasteiger partial charge in [-0.05, 0) is 12.1 Å². The normalized spacial score (nSPS) is 15.3. The molecule has 1 atom stereocenters. The van der Waals surface area contributed by atoms with Gasteiger partial charge in [-0.25, -0.2) is 4.79 Å². The summed E-state index contributed by atoms with van der Waals surface area (Å²) in [5.41, 5.74) is 0.290. The van der Waals surface area contributed by atoms with Crippen LogP contribution in [0.15, 0.2) is 12.1 Å². The van der Waals surface area contributed by atoms with E-state index >= 15 is 0 Å². The van der Waals surface area contributed by atoms with E-state index in [9.17, 15) is 9.90 Å². The lowest BCUT2D eigenvalue weighted by molar-refractivity contribution is -0.150. The molecule has 0 aliphatic carbocycles. The molecule has 6 heteroatoms. The first-order chi connectivity index (χ1) is 9.19. The monoisotopic (exact) mass is 268 g/mol. The van der Waals surface area contributed by atoms with Gasteiger partial charge in [0, 0.05) is 12.0 Å². The Hall–Kier alpha value is -1.95. The Labute approximate surface area is 110 Å². The highest BCUT2D eigenvalue weighted by Gasteiger charge is 2.27. The first-order valence-electron chi connectivity index (χ1n) is 5.91. The first kappa shape index (κ1) is 13.5. The molecule has 104 valence electrons. The summed E-state index contributed by atoms with van der Waals surface area (Å²) < 4.78 is 20.8. The number of ether oxygens (including phenoxy) is 4. The van der Waals surface area contributed by atoms with Crippen molar-refractivity contribution in [2.75, 3.05) is 27.4 Å². The van der Waals surface area contributed by atoms with Gasteiger partial charge in [-0.15, -0.1) is 0 Å². The fraction of sp³-hybridized carbons (Fsp3) is 0.462. The van der Waals surface area contributed by atoms with Crippen molar-refractivity contribution in [3.8, 4) is 17.2 Å². The van der Waals surface area contributed by atoms with Gasteiger partial charge in [0.2, 0.25) is 5.75 Å². The second kappa shape index (κ2) is 5.79. The molecule has 1 aliphatic rings. The van der Waals surface area contributed by atoms with Crippen molar-refractivity contribution in [1.82, 2.24) is 0 Å². The molecule has 0 amide bonds. The lowest BCUT2D eigenvalue weighted by Crippen LogP contribution is -2.15. The van der Waals surface area contributed by atoms with E-state index in [1.807, 2.05) is 0 Å². The molecular weight excluding hydrogens is 252 g/mol. The molecule has 1 aliphatic heterocycles. The number of hydrogen-bond acceptors (Lipinski definition) is 6. The fourth-order valence-electron chi connectivity index (χ4n) is 1.89. The number of hydrogen-bond donors (Lipinski definition) is 1. The molecule has 1 heterocycles. The highest BCUT2D eigenvalue weighted by molar-refractivity contribution is 5.78. The summed E-state index contributed by atoms with van der Waals surface area (Å²) >= 11 is 0. The third-order valence-corrected chi connectivity index (χ3v) is 2.82. The SMILES string of the molecule is COC(=O)C(O)c1ccc2c(c1OC)OCCCO2. The number of benzene rings is 1. The lowest BCUT2D eigenvalue weighted by Gasteiger charge is -2.17. The number of fused-ring (bicyclic) bond motifs is 1. The molecule has 2 rings (SSSR count). The molecule has 0 radical (unpaired) electrons. The predicted octanol–water partition coefficient (Wildman–Crippen LogP) is 1.06. The van der Waals surface area contributed by atoms with Crippen LogP contribution in [0.3, 0.4) is 0 Å². The van der Waals surface area contributed by atoms with E-state index in [2.05, 4.69) is 4.74 Å². The zero-order chi connectivity index (χ0) is 13.8. The van der Waals surface area contributed by atoms with Gasteiger partial charge in [-0.2, -0.15) is 0 Å². The van der Waals surface area contributed by atoms with Crippen LogP contribution in [0.5, 0.6) is 17.2 Å². The molecule has 19 heavy (non-hydrogen) atoms. The maximum absolute atomic E-state index is 11.4. The van der Waals surface area contributed by atoms with Crippen molar-refractivity contribution in [3.63, 3.8) is 0 Å². The van der Waals surface area contributed by atoms with Crippen molar-refractivity contribution in [3.05, 3.63) is 17.7 Å². The van der Waals surface area contributed by atoms with Crippen LogP contribution in [-0.4, -0.2) is 38.5 Å². The van der Waals surface area contributed by atoms with Gasteiger partial charge < -0.3 is 24.1 Å². The minimum absolute atomic E-state index is 0.289. The zero-order valence-electron chi connectivity index (χ0n) is 10.8. The van der Waals surface area contributed by atoms with Gasteiger partial charge >= 0.3 is 5.97 Å². The second-order valence-corrected chi connectivity index (χ2v) is 3.99. The number of methoxy groups -OCH3 is 2. The van der Waals surface area contributed by atoms with Crippen LogP contribution in [0.25, 0.3) is 0 Å². The Morgan fingerprint density at radius 1 is 1.32 bits per heavy atom. The Morgan fingerprint density at radius 3 is 2.74 bits per heavy atom. The number of carbonyl (C=O) groups excluding carboxylic acids is 1. The lowest BCUT2D eigenvalue weighted by atomic mass is 10.1. The highest BCUT2D eigenvalue weighted by Crippen LogP contribution is 2.43. The third kappa shape index (κ3) is 2.58. The third-order valence-electron chi connectivity index (χ3n) is 2.82. The van der Waals surface area contributed by atoms with Gasteiger partial charge in [0.1, 0.15) is 0 Å². The van der Waals surface area contributed by atoms with Crippen molar-refractivity contribution >= 4 is 5.97 Å². The van der Waals surface area contributed by atoms with Gasteiger partial charge in [-0.3, -0.25) is 0 Å². The van der Waals surface area contributed by atoms with Gasteiger partial charge in [0.05, 0.1) is 27.4 Å². The zero-order valence-corrected chi connectivity index (χ0v) is 10.8.